The molecule has 0 unspecified atom stereocenters. The summed E-state index contributed by atoms with van der Waals surface area (Å²) in [7, 11) is 0. The van der Waals surface area contributed by atoms with E-state index < -0.39 is 0 Å². The van der Waals surface area contributed by atoms with Crippen LogP contribution in [0, 0.1) is 13.8 Å². The minimum absolute atomic E-state index is 0.0117. The van der Waals surface area contributed by atoms with Crippen LogP contribution in [0.1, 0.15) is 68.6 Å². The molecule has 0 fully saturated rings. The molecule has 130 valence electrons. The Hall–Kier alpha value is -2.09. The van der Waals surface area contributed by atoms with Crippen molar-refractivity contribution in [2.75, 3.05) is 6.54 Å². The third kappa shape index (κ3) is 5.23. The number of rotatable bonds is 5. The van der Waals surface area contributed by atoms with E-state index in [4.69, 9.17) is 0 Å². The van der Waals surface area contributed by atoms with Crippen molar-refractivity contribution >= 4 is 11.5 Å². The van der Waals surface area contributed by atoms with Crippen LogP contribution in [0.15, 0.2) is 41.0 Å². The van der Waals surface area contributed by atoms with E-state index in [1.165, 1.54) is 16.7 Å². The molecule has 0 spiro atoms. The number of aryl methyl sites for hydroxylation is 2. The van der Waals surface area contributed by atoms with E-state index >= 15 is 0 Å². The molecule has 1 rings (SSSR count). The number of nitrogens with one attached hydrogen (secondary N) is 1. The van der Waals surface area contributed by atoms with E-state index in [9.17, 15) is 4.79 Å². The van der Waals surface area contributed by atoms with E-state index in [0.717, 1.165) is 27.8 Å². The summed E-state index contributed by atoms with van der Waals surface area (Å²) in [6.07, 6.45) is 4.20. The van der Waals surface area contributed by atoms with Crippen LogP contribution in [0.25, 0.3) is 5.57 Å². The standard InChI is InChI=1S/C22H31NO/c1-9-16(5)21-18(7)11-15(4)12-20(21)22(24)23-13-19(8)17(6)10-14(2)3/h9-12H,13H2,1-8H3,(H,23,24)/b16-9-,19-17+. The van der Waals surface area contributed by atoms with E-state index in [0.29, 0.717) is 6.54 Å². The van der Waals surface area contributed by atoms with Crippen LogP contribution in [0.3, 0.4) is 0 Å². The Morgan fingerprint density at radius 3 is 2.25 bits per heavy atom. The molecule has 2 heteroatoms. The third-order valence-electron chi connectivity index (χ3n) is 4.24. The highest BCUT2D eigenvalue weighted by Crippen LogP contribution is 2.25. The Labute approximate surface area is 147 Å². The van der Waals surface area contributed by atoms with Crippen LogP contribution in [-0.2, 0) is 0 Å². The third-order valence-corrected chi connectivity index (χ3v) is 4.24. The van der Waals surface area contributed by atoms with Crippen molar-refractivity contribution in [3.63, 3.8) is 0 Å². The molecule has 0 saturated carbocycles. The molecule has 1 aromatic carbocycles. The molecule has 0 aliphatic carbocycles. The van der Waals surface area contributed by atoms with Crippen LogP contribution < -0.4 is 5.32 Å². The average molecular weight is 325 g/mol. The molecule has 1 amide bonds. The molecule has 2 nitrogen and oxygen atoms in total. The van der Waals surface area contributed by atoms with Gasteiger partial charge in [0.05, 0.1) is 0 Å². The van der Waals surface area contributed by atoms with Gasteiger partial charge in [0.2, 0.25) is 0 Å². The van der Waals surface area contributed by atoms with E-state index in [2.05, 4.69) is 65.1 Å². The summed E-state index contributed by atoms with van der Waals surface area (Å²) >= 11 is 0. The second kappa shape index (κ2) is 8.68. The van der Waals surface area contributed by atoms with E-state index in [1.807, 2.05) is 19.9 Å². The zero-order valence-electron chi connectivity index (χ0n) is 16.4. The molecule has 0 heterocycles. The molecule has 0 aliphatic heterocycles. The van der Waals surface area contributed by atoms with Gasteiger partial charge in [-0.05, 0) is 78.2 Å². The van der Waals surface area contributed by atoms with Gasteiger partial charge in [-0.2, -0.15) is 0 Å². The topological polar surface area (TPSA) is 29.1 Å². The number of amides is 1. The van der Waals surface area contributed by atoms with E-state index in [1.54, 1.807) is 0 Å². The fraction of sp³-hybridized carbons (Fsp3) is 0.409. The van der Waals surface area contributed by atoms with Gasteiger partial charge >= 0.3 is 0 Å². The SMILES string of the molecule is C/C=C(/C)c1c(C)cc(C)cc1C(=O)NC/C(C)=C(\C)C=C(C)C. The number of hydrogen-bond acceptors (Lipinski definition) is 1. The van der Waals surface area contributed by atoms with Crippen molar-refractivity contribution in [2.24, 2.45) is 0 Å². The molecule has 1 aromatic rings. The zero-order valence-corrected chi connectivity index (χ0v) is 16.4. The summed E-state index contributed by atoms with van der Waals surface area (Å²) in [6, 6.07) is 4.11. The van der Waals surface area contributed by atoms with Crippen LogP contribution in [0.4, 0.5) is 0 Å². The highest BCUT2D eigenvalue weighted by atomic mass is 16.1. The first-order valence-electron chi connectivity index (χ1n) is 8.51. The van der Waals surface area contributed by atoms with Crippen LogP contribution in [-0.4, -0.2) is 12.5 Å². The lowest BCUT2D eigenvalue weighted by Gasteiger charge is -2.15. The number of carbonyl (C=O) groups is 1. The Morgan fingerprint density at radius 1 is 1.08 bits per heavy atom. The fourth-order valence-electron chi connectivity index (χ4n) is 2.82. The second-order valence-electron chi connectivity index (χ2n) is 6.84. The largest absolute Gasteiger partial charge is 0.348 e. The van der Waals surface area contributed by atoms with Crippen LogP contribution in [0.2, 0.25) is 0 Å². The van der Waals surface area contributed by atoms with Crippen molar-refractivity contribution in [2.45, 2.75) is 55.4 Å². The minimum Gasteiger partial charge on any atom is -0.348 e. The summed E-state index contributed by atoms with van der Waals surface area (Å²) < 4.78 is 0. The Kier molecular flexibility index (Phi) is 7.21. The predicted molar refractivity (Wildman–Crippen MR) is 105 cm³/mol. The summed E-state index contributed by atoms with van der Waals surface area (Å²) in [4.78, 5) is 12.8. The van der Waals surface area contributed by atoms with Gasteiger partial charge in [-0.15, -0.1) is 0 Å². The molecule has 0 radical (unpaired) electrons. The van der Waals surface area contributed by atoms with Crippen molar-refractivity contribution < 1.29 is 4.79 Å². The van der Waals surface area contributed by atoms with Gasteiger partial charge in [-0.3, -0.25) is 4.79 Å². The Balaban J connectivity index is 3.11. The molecule has 0 aromatic heterocycles. The maximum Gasteiger partial charge on any atom is 0.252 e. The van der Waals surface area contributed by atoms with Gasteiger partial charge in [-0.25, -0.2) is 0 Å². The molecule has 24 heavy (non-hydrogen) atoms. The van der Waals surface area contributed by atoms with Crippen LogP contribution in [0.5, 0.6) is 0 Å². The smallest absolute Gasteiger partial charge is 0.252 e. The molecule has 0 aliphatic rings. The molecule has 0 bridgehead atoms. The van der Waals surface area contributed by atoms with Gasteiger partial charge in [0, 0.05) is 12.1 Å². The van der Waals surface area contributed by atoms with Crippen molar-refractivity contribution in [3.05, 3.63) is 63.3 Å². The lowest BCUT2D eigenvalue weighted by molar-refractivity contribution is 0.0956. The highest BCUT2D eigenvalue weighted by molar-refractivity contribution is 6.00. The summed E-state index contributed by atoms with van der Waals surface area (Å²) in [5.41, 5.74) is 8.84. The van der Waals surface area contributed by atoms with Gasteiger partial charge < -0.3 is 5.32 Å². The summed E-state index contributed by atoms with van der Waals surface area (Å²) in [6.45, 7) is 17.0. The summed E-state index contributed by atoms with van der Waals surface area (Å²) in [5.74, 6) is -0.0117. The Morgan fingerprint density at radius 2 is 1.71 bits per heavy atom. The van der Waals surface area contributed by atoms with Crippen LogP contribution >= 0.6 is 0 Å². The van der Waals surface area contributed by atoms with Gasteiger partial charge in [0.15, 0.2) is 0 Å². The monoisotopic (exact) mass is 325 g/mol. The van der Waals surface area contributed by atoms with E-state index in [-0.39, 0.29) is 5.91 Å². The first kappa shape index (κ1) is 20.0. The molecule has 1 N–H and O–H groups in total. The van der Waals surface area contributed by atoms with Crippen molar-refractivity contribution in [1.82, 2.24) is 5.32 Å². The van der Waals surface area contributed by atoms with Gasteiger partial charge in [0.1, 0.15) is 0 Å². The number of allylic oxidation sites excluding steroid dienone is 5. The van der Waals surface area contributed by atoms with Crippen molar-refractivity contribution in [3.8, 4) is 0 Å². The first-order chi connectivity index (χ1) is 11.2. The Bertz CT molecular complexity index is 714. The van der Waals surface area contributed by atoms with Gasteiger partial charge in [0.25, 0.3) is 5.91 Å². The van der Waals surface area contributed by atoms with Gasteiger partial charge in [-0.1, -0.05) is 40.5 Å². The normalized spacial score (nSPS) is 12.6. The molecular formula is C22H31NO. The molecular weight excluding hydrogens is 294 g/mol. The second-order valence-corrected chi connectivity index (χ2v) is 6.84. The maximum atomic E-state index is 12.8. The number of hydrogen-bond donors (Lipinski definition) is 1. The first-order valence-corrected chi connectivity index (χ1v) is 8.51. The lowest BCUT2D eigenvalue weighted by Crippen LogP contribution is -2.26. The quantitative estimate of drug-likeness (QED) is 0.685. The molecule has 0 atom stereocenters. The maximum absolute atomic E-state index is 12.8. The fourth-order valence-corrected chi connectivity index (χ4v) is 2.82. The minimum atomic E-state index is -0.0117. The van der Waals surface area contributed by atoms with Crippen molar-refractivity contribution in [1.29, 1.82) is 0 Å². The predicted octanol–water partition coefficient (Wildman–Crippen LogP) is 5.76. The zero-order chi connectivity index (χ0) is 18.4. The lowest BCUT2D eigenvalue weighted by atomic mass is 9.93. The average Bonchev–Trinajstić information content (AvgIpc) is 2.49. The summed E-state index contributed by atoms with van der Waals surface area (Å²) in [5, 5.41) is 3.07. The number of benzene rings is 1. The molecule has 0 saturated heterocycles. The number of carbonyl (C=O) groups excluding carboxylic acids is 1. The highest BCUT2D eigenvalue weighted by Gasteiger charge is 2.15.